The minimum Gasteiger partial charge on any atom is -0.351 e. The first-order valence-electron chi connectivity index (χ1n) is 5.26. The molecule has 1 rings (SSSR count). The Balaban J connectivity index is 2.33. The molecule has 0 radical (unpaired) electrons. The largest absolute Gasteiger partial charge is 0.351 e. The molecule has 1 aliphatic rings. The molecule has 1 fully saturated rings. The van der Waals surface area contributed by atoms with Gasteiger partial charge in [0, 0.05) is 12.0 Å². The molecule has 3 N–H and O–H groups in total. The smallest absolute Gasteiger partial charge is 0.316 e. The van der Waals surface area contributed by atoms with Crippen molar-refractivity contribution in [3.05, 3.63) is 0 Å². The van der Waals surface area contributed by atoms with Gasteiger partial charge in [-0.2, -0.15) is 0 Å². The maximum Gasteiger partial charge on any atom is 0.316 e. The van der Waals surface area contributed by atoms with Crippen molar-refractivity contribution in [2.45, 2.75) is 32.7 Å². The predicted molar refractivity (Wildman–Crippen MR) is 61.1 cm³/mol. The van der Waals surface area contributed by atoms with E-state index in [-0.39, 0.29) is 30.4 Å². The molecule has 0 spiro atoms. The van der Waals surface area contributed by atoms with Gasteiger partial charge in [0.1, 0.15) is 0 Å². The van der Waals surface area contributed by atoms with Crippen molar-refractivity contribution < 1.29 is 14.4 Å². The summed E-state index contributed by atoms with van der Waals surface area (Å²) >= 11 is 0. The summed E-state index contributed by atoms with van der Waals surface area (Å²) in [6.45, 7) is 5.86. The molecule has 7 nitrogen and oxygen atoms in total. The summed E-state index contributed by atoms with van der Waals surface area (Å²) in [4.78, 5) is 36.9. The summed E-state index contributed by atoms with van der Waals surface area (Å²) in [6, 6.07) is 0. The first-order chi connectivity index (χ1) is 7.78. The first kappa shape index (κ1) is 13.1. The van der Waals surface area contributed by atoms with Crippen molar-refractivity contribution in [2.75, 3.05) is 6.54 Å². The second-order valence-corrected chi connectivity index (χ2v) is 4.69. The molecule has 0 bridgehead atoms. The highest BCUT2D eigenvalue weighted by Gasteiger charge is 2.24. The van der Waals surface area contributed by atoms with Crippen molar-refractivity contribution in [2.24, 2.45) is 4.99 Å². The van der Waals surface area contributed by atoms with Gasteiger partial charge in [0.15, 0.2) is 0 Å². The van der Waals surface area contributed by atoms with Gasteiger partial charge in [-0.25, -0.2) is 0 Å². The van der Waals surface area contributed by atoms with E-state index in [9.17, 15) is 14.4 Å². The van der Waals surface area contributed by atoms with E-state index in [2.05, 4.69) is 20.9 Å². The number of hydrogen-bond donors (Lipinski definition) is 3. The Hall–Kier alpha value is -1.92. The fourth-order valence-electron chi connectivity index (χ4n) is 1.19. The summed E-state index contributed by atoms with van der Waals surface area (Å²) in [5.74, 6) is -1.49. The highest BCUT2D eigenvalue weighted by atomic mass is 16.2. The molecular formula is C10H16N4O3. The number of nitrogens with zero attached hydrogens (tertiary/aromatic N) is 1. The SMILES string of the molecule is CC(C)(C)NC(=O)CCN=C1NC(=O)C(=O)N1. The highest BCUT2D eigenvalue weighted by molar-refractivity contribution is 6.45. The zero-order chi connectivity index (χ0) is 13.1. The van der Waals surface area contributed by atoms with E-state index in [1.807, 2.05) is 20.8 Å². The maximum atomic E-state index is 11.4. The van der Waals surface area contributed by atoms with Gasteiger partial charge in [0.05, 0.1) is 6.54 Å². The van der Waals surface area contributed by atoms with Crippen LogP contribution in [0.3, 0.4) is 0 Å². The van der Waals surface area contributed by atoms with Crippen molar-refractivity contribution in [1.82, 2.24) is 16.0 Å². The maximum absolute atomic E-state index is 11.4. The molecule has 0 aromatic rings. The topological polar surface area (TPSA) is 99.7 Å². The quantitative estimate of drug-likeness (QED) is 0.545. The molecule has 3 amide bonds. The zero-order valence-corrected chi connectivity index (χ0v) is 10.1. The van der Waals surface area contributed by atoms with Crippen LogP contribution in [0.2, 0.25) is 0 Å². The number of hydrogen-bond acceptors (Lipinski definition) is 4. The lowest BCUT2D eigenvalue weighted by atomic mass is 10.1. The van der Waals surface area contributed by atoms with Gasteiger partial charge in [-0.3, -0.25) is 30.0 Å². The lowest BCUT2D eigenvalue weighted by Crippen LogP contribution is -2.40. The van der Waals surface area contributed by atoms with Crippen LogP contribution in [-0.2, 0) is 14.4 Å². The van der Waals surface area contributed by atoms with Gasteiger partial charge in [-0.05, 0) is 20.8 Å². The number of rotatable bonds is 3. The summed E-state index contributed by atoms with van der Waals surface area (Å²) in [7, 11) is 0. The Morgan fingerprint density at radius 2 is 1.76 bits per heavy atom. The molecule has 1 aliphatic heterocycles. The molecule has 0 saturated carbocycles. The van der Waals surface area contributed by atoms with E-state index in [1.54, 1.807) is 0 Å². The summed E-state index contributed by atoms with van der Waals surface area (Å²) in [6.07, 6.45) is 0.201. The molecular weight excluding hydrogens is 224 g/mol. The molecule has 1 saturated heterocycles. The number of carbonyl (C=O) groups is 3. The Kier molecular flexibility index (Phi) is 3.82. The van der Waals surface area contributed by atoms with E-state index in [0.29, 0.717) is 0 Å². The Morgan fingerprint density at radius 1 is 1.24 bits per heavy atom. The Bertz CT molecular complexity index is 364. The van der Waals surface area contributed by atoms with E-state index in [1.165, 1.54) is 0 Å². The molecule has 0 aromatic heterocycles. The third-order valence-electron chi connectivity index (χ3n) is 1.79. The van der Waals surface area contributed by atoms with Gasteiger partial charge in [-0.1, -0.05) is 0 Å². The van der Waals surface area contributed by atoms with Crippen LogP contribution in [0.5, 0.6) is 0 Å². The van der Waals surface area contributed by atoms with Gasteiger partial charge >= 0.3 is 11.8 Å². The summed E-state index contributed by atoms with van der Waals surface area (Å²) < 4.78 is 0. The molecule has 0 aliphatic carbocycles. The standard InChI is InChI=1S/C10H16N4O3/c1-10(2,3)14-6(15)4-5-11-9-12-7(16)8(17)13-9/h4-5H2,1-3H3,(H,14,15)(H2,11,12,13,16,17). The molecule has 17 heavy (non-hydrogen) atoms. The summed E-state index contributed by atoms with van der Waals surface area (Å²) in [5, 5.41) is 7.27. The molecule has 0 unspecified atom stereocenters. The fourth-order valence-corrected chi connectivity index (χ4v) is 1.19. The number of nitrogens with one attached hydrogen (secondary N) is 3. The van der Waals surface area contributed by atoms with Crippen LogP contribution in [0.25, 0.3) is 0 Å². The minimum atomic E-state index is -0.733. The summed E-state index contributed by atoms with van der Waals surface area (Å²) in [5.41, 5.74) is -0.278. The minimum absolute atomic E-state index is 0.101. The van der Waals surface area contributed by atoms with Crippen LogP contribution in [0.4, 0.5) is 0 Å². The van der Waals surface area contributed by atoms with Crippen molar-refractivity contribution >= 4 is 23.7 Å². The van der Waals surface area contributed by atoms with Crippen molar-refractivity contribution in [3.8, 4) is 0 Å². The van der Waals surface area contributed by atoms with E-state index < -0.39 is 11.8 Å². The van der Waals surface area contributed by atoms with E-state index in [4.69, 9.17) is 0 Å². The molecule has 0 atom stereocenters. The number of carbonyl (C=O) groups excluding carboxylic acids is 3. The van der Waals surface area contributed by atoms with E-state index in [0.717, 1.165) is 0 Å². The average molecular weight is 240 g/mol. The van der Waals surface area contributed by atoms with Crippen LogP contribution in [0.15, 0.2) is 4.99 Å². The van der Waals surface area contributed by atoms with Crippen LogP contribution >= 0.6 is 0 Å². The molecule has 94 valence electrons. The third kappa shape index (κ3) is 4.62. The third-order valence-corrected chi connectivity index (χ3v) is 1.79. The van der Waals surface area contributed by atoms with Gasteiger partial charge in [0.2, 0.25) is 11.9 Å². The lowest BCUT2D eigenvalue weighted by Gasteiger charge is -2.20. The van der Waals surface area contributed by atoms with Crippen LogP contribution < -0.4 is 16.0 Å². The molecule has 1 heterocycles. The molecule has 7 heteroatoms. The zero-order valence-electron chi connectivity index (χ0n) is 10.1. The predicted octanol–water partition coefficient (Wildman–Crippen LogP) is -1.11. The fraction of sp³-hybridized carbons (Fsp3) is 0.600. The van der Waals surface area contributed by atoms with E-state index >= 15 is 0 Å². The van der Waals surface area contributed by atoms with Gasteiger partial charge in [0.25, 0.3) is 0 Å². The monoisotopic (exact) mass is 240 g/mol. The Labute approximate surface area is 99.0 Å². The van der Waals surface area contributed by atoms with Gasteiger partial charge in [-0.15, -0.1) is 0 Å². The van der Waals surface area contributed by atoms with Crippen molar-refractivity contribution in [1.29, 1.82) is 0 Å². The number of amides is 3. The number of aliphatic imine (C=N–C) groups is 1. The van der Waals surface area contributed by atoms with Crippen LogP contribution in [-0.4, -0.2) is 35.8 Å². The van der Waals surface area contributed by atoms with Crippen LogP contribution in [0.1, 0.15) is 27.2 Å². The number of guanidine groups is 1. The van der Waals surface area contributed by atoms with Gasteiger partial charge < -0.3 is 5.32 Å². The Morgan fingerprint density at radius 3 is 2.24 bits per heavy atom. The molecule has 0 aromatic carbocycles. The average Bonchev–Trinajstić information content (AvgIpc) is 2.43. The highest BCUT2D eigenvalue weighted by Crippen LogP contribution is 1.99. The second-order valence-electron chi connectivity index (χ2n) is 4.69. The lowest BCUT2D eigenvalue weighted by molar-refractivity contribution is -0.135. The van der Waals surface area contributed by atoms with Crippen molar-refractivity contribution in [3.63, 3.8) is 0 Å². The van der Waals surface area contributed by atoms with Crippen LogP contribution in [0, 0.1) is 0 Å². The first-order valence-corrected chi connectivity index (χ1v) is 5.26. The normalized spacial score (nSPS) is 15.4. The second kappa shape index (κ2) is 4.94.